The Morgan fingerprint density at radius 1 is 1.23 bits per heavy atom. The maximum atomic E-state index is 2.75. The smallest absolute Gasteiger partial charge is 0.00670 e. The highest BCUT2D eigenvalue weighted by Crippen LogP contribution is 2.37. The van der Waals surface area contributed by atoms with Crippen molar-refractivity contribution >= 4 is 0 Å². The molecule has 0 radical (unpaired) electrons. The van der Waals surface area contributed by atoms with Gasteiger partial charge in [-0.15, -0.1) is 0 Å². The highest BCUT2D eigenvalue weighted by atomic mass is 15.2. The number of rotatable bonds is 3. The minimum atomic E-state index is 0.841. The van der Waals surface area contributed by atoms with E-state index in [0.717, 1.165) is 17.9 Å². The summed E-state index contributed by atoms with van der Waals surface area (Å²) in [4.78, 5) is 2.75. The van der Waals surface area contributed by atoms with Crippen molar-refractivity contribution in [3.63, 3.8) is 0 Å². The third kappa shape index (κ3) is 2.07. The van der Waals surface area contributed by atoms with Crippen LogP contribution >= 0.6 is 0 Å². The predicted octanol–water partition coefficient (Wildman–Crippen LogP) is 2.91. The summed E-state index contributed by atoms with van der Waals surface area (Å²) in [5.74, 6) is 2.11. The van der Waals surface area contributed by atoms with Crippen molar-refractivity contribution < 1.29 is 0 Å². The van der Waals surface area contributed by atoms with Crippen LogP contribution in [0.3, 0.4) is 0 Å². The SMILES string of the molecule is CCCC(C)N1CC2CCC(C2)C1. The molecule has 13 heavy (non-hydrogen) atoms. The first kappa shape index (κ1) is 9.51. The molecule has 76 valence electrons. The second-order valence-electron chi connectivity index (χ2n) is 5.14. The monoisotopic (exact) mass is 181 g/mol. The van der Waals surface area contributed by atoms with E-state index in [2.05, 4.69) is 18.7 Å². The number of hydrogen-bond donors (Lipinski definition) is 0. The van der Waals surface area contributed by atoms with Crippen molar-refractivity contribution in [2.24, 2.45) is 11.8 Å². The molecule has 3 atom stereocenters. The van der Waals surface area contributed by atoms with E-state index in [9.17, 15) is 0 Å². The lowest BCUT2D eigenvalue weighted by Gasteiger charge is -2.36. The van der Waals surface area contributed by atoms with E-state index in [1.165, 1.54) is 45.2 Å². The summed E-state index contributed by atoms with van der Waals surface area (Å²) >= 11 is 0. The Balaban J connectivity index is 1.87. The van der Waals surface area contributed by atoms with Crippen molar-refractivity contribution in [2.75, 3.05) is 13.1 Å². The van der Waals surface area contributed by atoms with E-state index < -0.39 is 0 Å². The van der Waals surface area contributed by atoms with Crippen LogP contribution in [0.15, 0.2) is 0 Å². The molecule has 1 aliphatic carbocycles. The number of nitrogens with zero attached hydrogens (tertiary/aromatic N) is 1. The fourth-order valence-electron chi connectivity index (χ4n) is 3.21. The Labute approximate surface area is 82.5 Å². The zero-order valence-electron chi connectivity index (χ0n) is 9.13. The maximum Gasteiger partial charge on any atom is 0.00670 e. The molecule has 1 nitrogen and oxygen atoms in total. The van der Waals surface area contributed by atoms with Crippen molar-refractivity contribution in [1.29, 1.82) is 0 Å². The molecule has 2 fully saturated rings. The van der Waals surface area contributed by atoms with E-state index >= 15 is 0 Å². The largest absolute Gasteiger partial charge is 0.300 e. The van der Waals surface area contributed by atoms with Crippen molar-refractivity contribution in [2.45, 2.75) is 52.0 Å². The quantitative estimate of drug-likeness (QED) is 0.647. The van der Waals surface area contributed by atoms with Gasteiger partial charge in [0.05, 0.1) is 0 Å². The second-order valence-corrected chi connectivity index (χ2v) is 5.14. The van der Waals surface area contributed by atoms with Gasteiger partial charge in [0.1, 0.15) is 0 Å². The molecule has 1 saturated heterocycles. The molecular formula is C12H23N. The number of fused-ring (bicyclic) bond motifs is 2. The van der Waals surface area contributed by atoms with Gasteiger partial charge in [-0.3, -0.25) is 0 Å². The number of hydrogen-bond acceptors (Lipinski definition) is 1. The van der Waals surface area contributed by atoms with Gasteiger partial charge in [0.2, 0.25) is 0 Å². The standard InChI is InChI=1S/C12H23N/c1-3-4-10(2)13-8-11-5-6-12(7-11)9-13/h10-12H,3-9H2,1-2H3. The first-order valence-corrected chi connectivity index (χ1v) is 6.03. The lowest BCUT2D eigenvalue weighted by molar-refractivity contribution is 0.119. The van der Waals surface area contributed by atoms with Gasteiger partial charge in [-0.2, -0.15) is 0 Å². The van der Waals surface area contributed by atoms with Crippen LogP contribution in [0.2, 0.25) is 0 Å². The van der Waals surface area contributed by atoms with Gasteiger partial charge in [0.15, 0.2) is 0 Å². The third-order valence-electron chi connectivity index (χ3n) is 3.97. The zero-order valence-corrected chi connectivity index (χ0v) is 9.13. The number of likely N-dealkylation sites (tertiary alicyclic amines) is 1. The summed E-state index contributed by atoms with van der Waals surface area (Å²) in [5, 5.41) is 0. The Kier molecular flexibility index (Phi) is 2.92. The lowest BCUT2D eigenvalue weighted by Crippen LogP contribution is -2.42. The average molecular weight is 181 g/mol. The van der Waals surface area contributed by atoms with Crippen LogP contribution in [0.4, 0.5) is 0 Å². The van der Waals surface area contributed by atoms with Crippen LogP contribution < -0.4 is 0 Å². The van der Waals surface area contributed by atoms with Crippen molar-refractivity contribution in [3.8, 4) is 0 Å². The summed E-state index contributed by atoms with van der Waals surface area (Å²) in [6.07, 6.45) is 7.29. The minimum Gasteiger partial charge on any atom is -0.300 e. The molecule has 1 heteroatoms. The van der Waals surface area contributed by atoms with Crippen LogP contribution in [-0.2, 0) is 0 Å². The highest BCUT2D eigenvalue weighted by molar-refractivity contribution is 4.87. The Hall–Kier alpha value is -0.0400. The summed E-state index contributed by atoms with van der Waals surface area (Å²) in [5.41, 5.74) is 0. The van der Waals surface area contributed by atoms with Crippen molar-refractivity contribution in [3.05, 3.63) is 0 Å². The van der Waals surface area contributed by atoms with Gasteiger partial charge in [0, 0.05) is 19.1 Å². The molecule has 0 aromatic rings. The van der Waals surface area contributed by atoms with Gasteiger partial charge in [-0.05, 0) is 44.4 Å². The Morgan fingerprint density at radius 3 is 2.38 bits per heavy atom. The van der Waals surface area contributed by atoms with Gasteiger partial charge in [0.25, 0.3) is 0 Å². The Bertz CT molecular complexity index is 155. The molecule has 1 saturated carbocycles. The topological polar surface area (TPSA) is 3.24 Å². The van der Waals surface area contributed by atoms with E-state index in [-0.39, 0.29) is 0 Å². The fraction of sp³-hybridized carbons (Fsp3) is 1.00. The Morgan fingerprint density at radius 2 is 1.85 bits per heavy atom. The molecule has 2 aliphatic rings. The van der Waals surface area contributed by atoms with Gasteiger partial charge in [-0.1, -0.05) is 13.3 Å². The van der Waals surface area contributed by atoms with Crippen LogP contribution in [0.1, 0.15) is 46.0 Å². The molecule has 0 amide bonds. The molecular weight excluding hydrogens is 158 g/mol. The molecule has 2 bridgehead atoms. The van der Waals surface area contributed by atoms with Crippen LogP contribution in [0, 0.1) is 11.8 Å². The van der Waals surface area contributed by atoms with E-state index in [1.54, 1.807) is 0 Å². The molecule has 2 rings (SSSR count). The van der Waals surface area contributed by atoms with Gasteiger partial charge >= 0.3 is 0 Å². The predicted molar refractivity (Wildman–Crippen MR) is 56.8 cm³/mol. The summed E-state index contributed by atoms with van der Waals surface area (Å²) in [6, 6.07) is 0.841. The van der Waals surface area contributed by atoms with Crippen molar-refractivity contribution in [1.82, 2.24) is 4.90 Å². The molecule has 0 spiro atoms. The highest BCUT2D eigenvalue weighted by Gasteiger charge is 2.34. The van der Waals surface area contributed by atoms with Gasteiger partial charge in [-0.25, -0.2) is 0 Å². The van der Waals surface area contributed by atoms with Crippen LogP contribution in [0.25, 0.3) is 0 Å². The molecule has 1 heterocycles. The normalized spacial score (nSPS) is 36.5. The third-order valence-corrected chi connectivity index (χ3v) is 3.97. The number of piperidine rings is 1. The molecule has 0 aromatic carbocycles. The molecule has 3 unspecified atom stereocenters. The zero-order chi connectivity index (χ0) is 9.26. The fourth-order valence-corrected chi connectivity index (χ4v) is 3.21. The van der Waals surface area contributed by atoms with Gasteiger partial charge < -0.3 is 4.90 Å². The summed E-state index contributed by atoms with van der Waals surface area (Å²) in [7, 11) is 0. The molecule has 0 aromatic heterocycles. The van der Waals surface area contributed by atoms with Crippen LogP contribution in [-0.4, -0.2) is 24.0 Å². The summed E-state index contributed by atoms with van der Waals surface area (Å²) < 4.78 is 0. The molecule has 1 aliphatic heterocycles. The molecule has 0 N–H and O–H groups in total. The maximum absolute atomic E-state index is 2.75. The second kappa shape index (κ2) is 4.00. The van der Waals surface area contributed by atoms with Crippen LogP contribution in [0.5, 0.6) is 0 Å². The summed E-state index contributed by atoms with van der Waals surface area (Å²) in [6.45, 7) is 7.51. The van der Waals surface area contributed by atoms with E-state index in [4.69, 9.17) is 0 Å². The first-order valence-electron chi connectivity index (χ1n) is 6.03. The minimum absolute atomic E-state index is 0.841. The first-order chi connectivity index (χ1) is 6.29. The van der Waals surface area contributed by atoms with E-state index in [1.807, 2.05) is 0 Å². The average Bonchev–Trinajstić information content (AvgIpc) is 2.46. The van der Waals surface area contributed by atoms with E-state index in [0.29, 0.717) is 0 Å². The lowest BCUT2D eigenvalue weighted by atomic mass is 9.97.